The molecule has 1 aliphatic rings. The molecule has 172 valence electrons. The summed E-state index contributed by atoms with van der Waals surface area (Å²) in [5, 5.41) is 35.2. The van der Waals surface area contributed by atoms with Gasteiger partial charge in [-0.15, -0.1) is 0 Å². The van der Waals surface area contributed by atoms with Crippen molar-refractivity contribution in [3.05, 3.63) is 54.2 Å². The van der Waals surface area contributed by atoms with Crippen LogP contribution in [0.1, 0.15) is 25.1 Å². The highest BCUT2D eigenvalue weighted by atomic mass is 16.7. The molecular weight excluding hydrogens is 432 g/mol. The number of rotatable bonds is 5. The van der Waals surface area contributed by atoms with Crippen molar-refractivity contribution in [3.8, 4) is 6.07 Å². The summed E-state index contributed by atoms with van der Waals surface area (Å²) in [7, 11) is 0. The smallest absolute Gasteiger partial charge is 0.431 e. The molecule has 0 aromatic carbocycles. The second-order valence-electron chi connectivity index (χ2n) is 8.01. The van der Waals surface area contributed by atoms with E-state index in [-0.39, 0.29) is 11.5 Å². The van der Waals surface area contributed by atoms with E-state index >= 15 is 0 Å². The zero-order chi connectivity index (χ0) is 23.8. The SMILES string of the molecule is CC(C)(OC(=O)OC[C@H]1O[C@@](C#N)(c2ccc3c(N)ncnn23)[C@H](O)[C@H]1O)c1ccncc1. The largest absolute Gasteiger partial charge is 0.509 e. The maximum Gasteiger partial charge on any atom is 0.509 e. The number of carbonyl (C=O) groups excluding carboxylic acids is 1. The van der Waals surface area contributed by atoms with Crippen LogP contribution in [-0.2, 0) is 25.4 Å². The molecule has 12 nitrogen and oxygen atoms in total. The van der Waals surface area contributed by atoms with E-state index in [0.717, 1.165) is 0 Å². The Kier molecular flexibility index (Phi) is 5.62. The summed E-state index contributed by atoms with van der Waals surface area (Å²) in [6.07, 6.45) is -1.07. The van der Waals surface area contributed by atoms with Gasteiger partial charge in [0.15, 0.2) is 5.82 Å². The molecule has 0 bridgehead atoms. The Bertz CT molecular complexity index is 1210. The standard InChI is InChI=1S/C21H22N6O6/c1-20(2,12-5-7-24-8-6-12)33-19(30)31-9-14-16(28)17(29)21(10-22,32-14)15-4-3-13-18(23)25-11-26-27(13)15/h3-8,11,14,16-17,28-29H,9H2,1-2H3,(H2,23,25,26)/t14-,16+,17-,21+/m1/s1. The fourth-order valence-electron chi connectivity index (χ4n) is 3.75. The Hall–Kier alpha value is -3.79. The number of aromatic nitrogens is 4. The number of nitriles is 1. The zero-order valence-electron chi connectivity index (χ0n) is 17.8. The second kappa shape index (κ2) is 8.28. The molecule has 3 aromatic rings. The highest BCUT2D eigenvalue weighted by molar-refractivity contribution is 5.66. The van der Waals surface area contributed by atoms with Crippen molar-refractivity contribution in [2.45, 2.75) is 43.4 Å². The number of carbonyl (C=O) groups is 1. The van der Waals surface area contributed by atoms with Crippen LogP contribution >= 0.6 is 0 Å². The number of hydrogen-bond acceptors (Lipinski definition) is 11. The molecule has 0 radical (unpaired) electrons. The number of anilines is 1. The van der Waals surface area contributed by atoms with E-state index in [0.29, 0.717) is 11.1 Å². The summed E-state index contributed by atoms with van der Waals surface area (Å²) in [6.45, 7) is 2.90. The lowest BCUT2D eigenvalue weighted by atomic mass is 9.92. The van der Waals surface area contributed by atoms with Gasteiger partial charge in [-0.05, 0) is 43.7 Å². The summed E-state index contributed by atoms with van der Waals surface area (Å²) in [4.78, 5) is 20.1. The van der Waals surface area contributed by atoms with E-state index in [9.17, 15) is 20.3 Å². The number of aliphatic hydroxyl groups is 2. The molecule has 4 atom stereocenters. The van der Waals surface area contributed by atoms with Crippen LogP contribution in [0, 0.1) is 11.3 Å². The van der Waals surface area contributed by atoms with Crippen molar-refractivity contribution < 1.29 is 29.2 Å². The maximum absolute atomic E-state index is 12.3. The molecule has 4 rings (SSSR count). The van der Waals surface area contributed by atoms with Crippen LogP contribution in [0.5, 0.6) is 0 Å². The predicted molar refractivity (Wildman–Crippen MR) is 111 cm³/mol. The lowest BCUT2D eigenvalue weighted by molar-refractivity contribution is -0.0812. The molecule has 1 aliphatic heterocycles. The van der Waals surface area contributed by atoms with Crippen LogP contribution in [0.15, 0.2) is 43.0 Å². The minimum atomic E-state index is -1.99. The van der Waals surface area contributed by atoms with Gasteiger partial charge >= 0.3 is 6.16 Å². The Balaban J connectivity index is 1.49. The molecule has 33 heavy (non-hydrogen) atoms. The fraction of sp³-hybridized carbons (Fsp3) is 0.381. The van der Waals surface area contributed by atoms with Crippen LogP contribution in [0.4, 0.5) is 10.6 Å². The van der Waals surface area contributed by atoms with Crippen molar-refractivity contribution in [1.82, 2.24) is 19.6 Å². The van der Waals surface area contributed by atoms with E-state index in [4.69, 9.17) is 19.9 Å². The third-order valence-electron chi connectivity index (χ3n) is 5.57. The van der Waals surface area contributed by atoms with Gasteiger partial charge in [0.2, 0.25) is 5.60 Å². The average Bonchev–Trinajstić information content (AvgIpc) is 3.34. The molecule has 1 saturated heterocycles. The van der Waals surface area contributed by atoms with Gasteiger partial charge in [0, 0.05) is 12.4 Å². The summed E-state index contributed by atoms with van der Waals surface area (Å²) >= 11 is 0. The Morgan fingerprint density at radius 2 is 2.06 bits per heavy atom. The van der Waals surface area contributed by atoms with Gasteiger partial charge in [-0.25, -0.2) is 14.3 Å². The minimum Gasteiger partial charge on any atom is -0.431 e. The van der Waals surface area contributed by atoms with Gasteiger partial charge in [0.05, 0.1) is 5.69 Å². The molecule has 1 fully saturated rings. The molecule has 0 saturated carbocycles. The predicted octanol–water partition coefficient (Wildman–Crippen LogP) is 0.634. The average molecular weight is 454 g/mol. The topological polar surface area (TPSA) is 178 Å². The van der Waals surface area contributed by atoms with Gasteiger partial charge in [-0.1, -0.05) is 0 Å². The van der Waals surface area contributed by atoms with Crippen molar-refractivity contribution in [1.29, 1.82) is 5.26 Å². The van der Waals surface area contributed by atoms with E-state index in [2.05, 4.69) is 15.1 Å². The number of pyridine rings is 1. The molecule has 12 heteroatoms. The summed E-state index contributed by atoms with van der Waals surface area (Å²) in [6, 6.07) is 8.38. The fourth-order valence-corrected chi connectivity index (χ4v) is 3.75. The molecule has 0 aliphatic carbocycles. The number of fused-ring (bicyclic) bond motifs is 1. The van der Waals surface area contributed by atoms with Crippen LogP contribution in [0.2, 0.25) is 0 Å². The van der Waals surface area contributed by atoms with Gasteiger partial charge in [-0.3, -0.25) is 4.98 Å². The van der Waals surface area contributed by atoms with Gasteiger partial charge in [0.25, 0.3) is 0 Å². The monoisotopic (exact) mass is 454 g/mol. The number of nitrogen functional groups attached to an aromatic ring is 1. The molecule has 0 spiro atoms. The Labute approximate surface area is 188 Å². The minimum absolute atomic E-state index is 0.143. The number of nitrogens with zero attached hydrogens (tertiary/aromatic N) is 5. The van der Waals surface area contributed by atoms with Gasteiger partial charge in [-0.2, -0.15) is 10.4 Å². The summed E-state index contributed by atoms with van der Waals surface area (Å²) < 4.78 is 17.6. The summed E-state index contributed by atoms with van der Waals surface area (Å²) in [5.41, 5.74) is 4.08. The second-order valence-corrected chi connectivity index (χ2v) is 8.01. The highest BCUT2D eigenvalue weighted by Crippen LogP contribution is 2.40. The van der Waals surface area contributed by atoms with E-state index < -0.39 is 42.3 Å². The van der Waals surface area contributed by atoms with Crippen LogP contribution in [0.25, 0.3) is 5.52 Å². The molecular formula is C21H22N6O6. The normalized spacial score (nSPS) is 25.0. The summed E-state index contributed by atoms with van der Waals surface area (Å²) in [5.74, 6) is 0.164. The lowest BCUT2D eigenvalue weighted by Crippen LogP contribution is -2.41. The third kappa shape index (κ3) is 3.82. The first kappa shape index (κ1) is 22.4. The molecule has 4 N–H and O–H groups in total. The number of hydrogen-bond donors (Lipinski definition) is 3. The molecule has 4 heterocycles. The number of nitrogens with two attached hydrogens (primary N) is 1. The zero-order valence-corrected chi connectivity index (χ0v) is 17.8. The van der Waals surface area contributed by atoms with E-state index in [1.165, 1.54) is 16.9 Å². The Morgan fingerprint density at radius 3 is 2.76 bits per heavy atom. The third-order valence-corrected chi connectivity index (χ3v) is 5.57. The highest BCUT2D eigenvalue weighted by Gasteiger charge is 2.58. The van der Waals surface area contributed by atoms with E-state index in [1.54, 1.807) is 44.4 Å². The first-order chi connectivity index (χ1) is 15.7. The van der Waals surface area contributed by atoms with E-state index in [1.807, 2.05) is 6.07 Å². The van der Waals surface area contributed by atoms with Crippen molar-refractivity contribution in [2.75, 3.05) is 12.3 Å². The van der Waals surface area contributed by atoms with Crippen LogP contribution in [0.3, 0.4) is 0 Å². The number of aliphatic hydroxyl groups excluding tert-OH is 2. The quantitative estimate of drug-likeness (QED) is 0.461. The Morgan fingerprint density at radius 1 is 1.33 bits per heavy atom. The van der Waals surface area contributed by atoms with Crippen LogP contribution < -0.4 is 5.73 Å². The van der Waals surface area contributed by atoms with Crippen LogP contribution in [-0.4, -0.2) is 60.9 Å². The van der Waals surface area contributed by atoms with Crippen molar-refractivity contribution >= 4 is 17.5 Å². The van der Waals surface area contributed by atoms with Gasteiger partial charge in [0.1, 0.15) is 48.4 Å². The molecule has 3 aromatic heterocycles. The van der Waals surface area contributed by atoms with Gasteiger partial charge < -0.3 is 30.2 Å². The molecule has 0 unspecified atom stereocenters. The first-order valence-corrected chi connectivity index (χ1v) is 10.00. The number of ether oxygens (including phenoxy) is 3. The van der Waals surface area contributed by atoms with Crippen molar-refractivity contribution in [3.63, 3.8) is 0 Å². The first-order valence-electron chi connectivity index (χ1n) is 10.00. The lowest BCUT2D eigenvalue weighted by Gasteiger charge is -2.25. The van der Waals surface area contributed by atoms with Crippen molar-refractivity contribution in [2.24, 2.45) is 0 Å². The molecule has 0 amide bonds. The maximum atomic E-state index is 12.3.